The van der Waals surface area contributed by atoms with Crippen LogP contribution in [0.1, 0.15) is 11.1 Å². The van der Waals surface area contributed by atoms with E-state index in [1.54, 1.807) is 18.2 Å². The molecule has 1 atom stereocenters. The van der Waals surface area contributed by atoms with E-state index in [2.05, 4.69) is 4.74 Å². The number of esters is 1. The number of nitriles is 1. The Balaban J connectivity index is 2.10. The van der Waals surface area contributed by atoms with Crippen molar-refractivity contribution in [2.24, 2.45) is 5.73 Å². The van der Waals surface area contributed by atoms with Gasteiger partial charge in [-0.3, -0.25) is 5.73 Å². The molecule has 3 aromatic rings. The first-order valence-electron chi connectivity index (χ1n) is 8.28. The molecule has 9 nitrogen and oxygen atoms in total. The van der Waals surface area contributed by atoms with Gasteiger partial charge in [0.25, 0.3) is 10.0 Å². The zero-order valence-corrected chi connectivity index (χ0v) is 15.7. The number of fused-ring (bicyclic) bond motifs is 1. The molecule has 1 unspecified atom stereocenters. The third-order valence-electron chi connectivity index (χ3n) is 4.14. The Bertz CT molecular complexity index is 1240. The van der Waals surface area contributed by atoms with Crippen LogP contribution in [0.5, 0.6) is 0 Å². The largest absolute Gasteiger partial charge is 0.473 e. The van der Waals surface area contributed by atoms with Crippen molar-refractivity contribution in [1.29, 1.82) is 5.26 Å². The topological polar surface area (TPSA) is 152 Å². The van der Waals surface area contributed by atoms with Crippen LogP contribution in [0.15, 0.2) is 59.6 Å². The standard InChI is InChI=1S/C19H15N3O6S/c20-10-12-6-7-16-15(8-12)13(9-17(21)28-19(25)18(23)24)11-22(16)29(26,27)14-4-2-1-3-5-14/h1-8,11,17H,9,21H2,(H,23,24). The Labute approximate surface area is 165 Å². The third-order valence-corrected chi connectivity index (χ3v) is 5.82. The monoisotopic (exact) mass is 413 g/mol. The normalized spacial score (nSPS) is 12.3. The van der Waals surface area contributed by atoms with Crippen LogP contribution in [0, 0.1) is 11.3 Å². The minimum atomic E-state index is -3.95. The summed E-state index contributed by atoms with van der Waals surface area (Å²) < 4.78 is 31.8. The second-order valence-electron chi connectivity index (χ2n) is 6.07. The molecule has 3 N–H and O–H groups in total. The number of rotatable bonds is 5. The van der Waals surface area contributed by atoms with E-state index < -0.39 is 28.2 Å². The van der Waals surface area contributed by atoms with E-state index in [-0.39, 0.29) is 11.3 Å². The summed E-state index contributed by atoms with van der Waals surface area (Å²) >= 11 is 0. The average molecular weight is 413 g/mol. The number of carboxylic acid groups (broad SMARTS) is 1. The summed E-state index contributed by atoms with van der Waals surface area (Å²) in [6, 6.07) is 14.2. The number of carbonyl (C=O) groups is 2. The molecule has 0 saturated carbocycles. The quantitative estimate of drug-likeness (QED) is 0.359. The summed E-state index contributed by atoms with van der Waals surface area (Å²) in [5, 5.41) is 18.2. The molecule has 0 aliphatic heterocycles. The first-order valence-corrected chi connectivity index (χ1v) is 9.72. The predicted molar refractivity (Wildman–Crippen MR) is 101 cm³/mol. The number of carbonyl (C=O) groups excluding carboxylic acids is 1. The van der Waals surface area contributed by atoms with Gasteiger partial charge in [-0.2, -0.15) is 5.26 Å². The molecule has 29 heavy (non-hydrogen) atoms. The number of nitrogens with two attached hydrogens (primary N) is 1. The Morgan fingerprint density at radius 3 is 2.52 bits per heavy atom. The zero-order valence-electron chi connectivity index (χ0n) is 14.8. The minimum absolute atomic E-state index is 0.0643. The fourth-order valence-corrected chi connectivity index (χ4v) is 4.26. The van der Waals surface area contributed by atoms with Crippen molar-refractivity contribution in [3.63, 3.8) is 0 Å². The fourth-order valence-electron chi connectivity index (χ4n) is 2.85. The lowest BCUT2D eigenvalue weighted by Crippen LogP contribution is -2.32. The van der Waals surface area contributed by atoms with Crippen molar-refractivity contribution in [2.45, 2.75) is 17.5 Å². The lowest BCUT2D eigenvalue weighted by atomic mass is 10.1. The second-order valence-corrected chi connectivity index (χ2v) is 7.88. The van der Waals surface area contributed by atoms with E-state index >= 15 is 0 Å². The number of aromatic nitrogens is 1. The number of nitrogens with zero attached hydrogens (tertiary/aromatic N) is 2. The van der Waals surface area contributed by atoms with Crippen LogP contribution in [0.4, 0.5) is 0 Å². The van der Waals surface area contributed by atoms with E-state index in [0.29, 0.717) is 22.0 Å². The van der Waals surface area contributed by atoms with Crippen molar-refractivity contribution in [2.75, 3.05) is 0 Å². The van der Waals surface area contributed by atoms with Gasteiger partial charge >= 0.3 is 11.9 Å². The van der Waals surface area contributed by atoms with E-state index in [4.69, 9.17) is 16.1 Å². The summed E-state index contributed by atoms with van der Waals surface area (Å²) in [5.41, 5.74) is 6.68. The molecule has 0 bridgehead atoms. The second kappa shape index (κ2) is 7.75. The Hall–Kier alpha value is -3.68. The van der Waals surface area contributed by atoms with Gasteiger partial charge in [0, 0.05) is 18.0 Å². The lowest BCUT2D eigenvalue weighted by molar-refractivity contribution is -0.167. The molecule has 0 radical (unpaired) electrons. The van der Waals surface area contributed by atoms with E-state index in [9.17, 15) is 18.0 Å². The highest BCUT2D eigenvalue weighted by Crippen LogP contribution is 2.28. The van der Waals surface area contributed by atoms with Crippen molar-refractivity contribution in [3.8, 4) is 6.07 Å². The van der Waals surface area contributed by atoms with Gasteiger partial charge in [-0.15, -0.1) is 0 Å². The smallest absolute Gasteiger partial charge is 0.418 e. The first kappa shape index (κ1) is 20.1. The maximum absolute atomic E-state index is 13.1. The van der Waals surface area contributed by atoms with Crippen LogP contribution in [0.2, 0.25) is 0 Å². The van der Waals surface area contributed by atoms with Crippen LogP contribution in [-0.2, 0) is 30.8 Å². The van der Waals surface area contributed by atoms with E-state index in [0.717, 1.165) is 3.97 Å². The van der Waals surface area contributed by atoms with Gasteiger partial charge in [0.05, 0.1) is 22.0 Å². The van der Waals surface area contributed by atoms with Gasteiger partial charge in [0.15, 0.2) is 6.23 Å². The molecule has 2 aromatic carbocycles. The Kier molecular flexibility index (Phi) is 5.36. The lowest BCUT2D eigenvalue weighted by Gasteiger charge is -2.10. The molecule has 3 rings (SSSR count). The minimum Gasteiger partial charge on any atom is -0.473 e. The SMILES string of the molecule is N#Cc1ccc2c(c1)c(CC(N)OC(=O)C(=O)O)cn2S(=O)(=O)c1ccccc1. The molecule has 0 fully saturated rings. The number of benzene rings is 2. The molecule has 1 aromatic heterocycles. The molecule has 0 saturated heterocycles. The Morgan fingerprint density at radius 1 is 1.21 bits per heavy atom. The van der Waals surface area contributed by atoms with Crippen LogP contribution >= 0.6 is 0 Å². The molecule has 1 heterocycles. The number of carboxylic acids is 1. The van der Waals surface area contributed by atoms with Crippen LogP contribution in [0.3, 0.4) is 0 Å². The maximum Gasteiger partial charge on any atom is 0.418 e. The van der Waals surface area contributed by atoms with E-state index in [1.807, 2.05) is 6.07 Å². The summed E-state index contributed by atoms with van der Waals surface area (Å²) in [6.45, 7) is 0. The molecule has 148 valence electrons. The summed E-state index contributed by atoms with van der Waals surface area (Å²) in [4.78, 5) is 21.9. The molecular formula is C19H15N3O6S. The summed E-state index contributed by atoms with van der Waals surface area (Å²) in [6.07, 6.45) is -0.146. The van der Waals surface area contributed by atoms with Gasteiger partial charge in [-0.1, -0.05) is 18.2 Å². The van der Waals surface area contributed by atoms with Crippen LogP contribution < -0.4 is 5.73 Å². The highest BCUT2D eigenvalue weighted by Gasteiger charge is 2.24. The average Bonchev–Trinajstić information content (AvgIpc) is 3.06. The highest BCUT2D eigenvalue weighted by atomic mass is 32.2. The molecule has 10 heteroatoms. The predicted octanol–water partition coefficient (Wildman–Crippen LogP) is 1.21. The van der Waals surface area contributed by atoms with Crippen LogP contribution in [-0.4, -0.2) is 35.7 Å². The molecular weight excluding hydrogens is 398 g/mol. The summed E-state index contributed by atoms with van der Waals surface area (Å²) in [5.74, 6) is -3.31. The first-order chi connectivity index (χ1) is 13.7. The number of hydrogen-bond acceptors (Lipinski definition) is 7. The van der Waals surface area contributed by atoms with Crippen molar-refractivity contribution >= 4 is 32.9 Å². The van der Waals surface area contributed by atoms with Crippen molar-refractivity contribution in [3.05, 3.63) is 65.9 Å². The molecule has 0 spiro atoms. The van der Waals surface area contributed by atoms with Crippen LogP contribution in [0.25, 0.3) is 10.9 Å². The van der Waals surface area contributed by atoms with Crippen molar-refractivity contribution < 1.29 is 27.9 Å². The zero-order chi connectivity index (χ0) is 21.2. The molecule has 0 amide bonds. The molecule has 0 aliphatic rings. The number of ether oxygens (including phenoxy) is 1. The molecule has 0 aliphatic carbocycles. The maximum atomic E-state index is 13.1. The highest BCUT2D eigenvalue weighted by molar-refractivity contribution is 7.90. The fraction of sp³-hybridized carbons (Fsp3) is 0.105. The number of aliphatic carboxylic acids is 1. The van der Waals surface area contributed by atoms with Gasteiger partial charge in [0.2, 0.25) is 0 Å². The van der Waals surface area contributed by atoms with Crippen molar-refractivity contribution in [1.82, 2.24) is 3.97 Å². The number of hydrogen-bond donors (Lipinski definition) is 2. The summed E-state index contributed by atoms with van der Waals surface area (Å²) in [7, 11) is -3.95. The van der Waals surface area contributed by atoms with Gasteiger partial charge in [-0.05, 0) is 35.9 Å². The van der Waals surface area contributed by atoms with Gasteiger partial charge < -0.3 is 9.84 Å². The van der Waals surface area contributed by atoms with Gasteiger partial charge in [-0.25, -0.2) is 22.0 Å². The van der Waals surface area contributed by atoms with E-state index in [1.165, 1.54) is 36.5 Å². The van der Waals surface area contributed by atoms with Gasteiger partial charge in [0.1, 0.15) is 0 Å². The Morgan fingerprint density at radius 2 is 1.90 bits per heavy atom. The third kappa shape index (κ3) is 3.96.